The van der Waals surface area contributed by atoms with Crippen LogP contribution < -0.4 is 5.73 Å². The molecule has 118 valence electrons. The first-order chi connectivity index (χ1) is 9.87. The average Bonchev–Trinajstić information content (AvgIpc) is 2.53. The monoisotopic (exact) mass is 309 g/mol. The molecular weight excluding hydrogens is 282 g/mol. The van der Waals surface area contributed by atoms with Crippen LogP contribution in [-0.4, -0.2) is 34.0 Å². The van der Waals surface area contributed by atoms with Crippen LogP contribution in [0.3, 0.4) is 0 Å². The number of rotatable bonds is 4. The highest BCUT2D eigenvalue weighted by molar-refractivity contribution is 7.99. The molecule has 2 rings (SSSR count). The minimum atomic E-state index is -1.14. The van der Waals surface area contributed by atoms with Crippen molar-refractivity contribution < 1.29 is 9.84 Å². The predicted molar refractivity (Wildman–Crippen MR) is 89.3 cm³/mol. The summed E-state index contributed by atoms with van der Waals surface area (Å²) in [5, 5.41) is 10.3. The molecule has 1 aromatic rings. The Morgan fingerprint density at radius 3 is 2.62 bits per heavy atom. The number of hydrogen-bond acceptors (Lipinski definition) is 4. The van der Waals surface area contributed by atoms with Crippen LogP contribution in [0.2, 0.25) is 0 Å². The van der Waals surface area contributed by atoms with Gasteiger partial charge < -0.3 is 15.6 Å². The molecule has 1 heterocycles. The molecule has 4 heteroatoms. The standard InChI is InChI=1S/C17H27NO2S/c1-12-9-10-21-14(11-13-7-5-4-6-8-13)15(18)16(12)20-17(2,3)19/h4-8,12,14-16,19H,9-11,18H2,1-3H3. The van der Waals surface area contributed by atoms with E-state index in [0.717, 1.165) is 18.6 Å². The van der Waals surface area contributed by atoms with E-state index in [1.54, 1.807) is 13.8 Å². The first-order valence-electron chi connectivity index (χ1n) is 7.68. The number of ether oxygens (including phenoxy) is 1. The second kappa shape index (κ2) is 7.14. The summed E-state index contributed by atoms with van der Waals surface area (Å²) in [6.45, 7) is 5.52. The molecule has 0 bridgehead atoms. The Bertz CT molecular complexity index is 432. The summed E-state index contributed by atoms with van der Waals surface area (Å²) in [4.78, 5) is 0. The van der Waals surface area contributed by atoms with Crippen molar-refractivity contribution in [3.63, 3.8) is 0 Å². The van der Waals surface area contributed by atoms with E-state index in [1.807, 2.05) is 17.8 Å². The van der Waals surface area contributed by atoms with Crippen molar-refractivity contribution in [1.82, 2.24) is 0 Å². The summed E-state index contributed by atoms with van der Waals surface area (Å²) in [7, 11) is 0. The van der Waals surface area contributed by atoms with Gasteiger partial charge in [-0.15, -0.1) is 0 Å². The van der Waals surface area contributed by atoms with Gasteiger partial charge in [-0.1, -0.05) is 37.3 Å². The molecule has 1 fully saturated rings. The molecule has 1 saturated heterocycles. The summed E-state index contributed by atoms with van der Waals surface area (Å²) >= 11 is 1.93. The predicted octanol–water partition coefficient (Wildman–Crippen LogP) is 2.81. The zero-order chi connectivity index (χ0) is 15.5. The van der Waals surface area contributed by atoms with E-state index in [1.165, 1.54) is 5.56 Å². The van der Waals surface area contributed by atoms with Crippen LogP contribution in [0.1, 0.15) is 32.8 Å². The molecule has 4 atom stereocenters. The Morgan fingerprint density at radius 2 is 2.00 bits per heavy atom. The zero-order valence-corrected chi connectivity index (χ0v) is 14.0. The van der Waals surface area contributed by atoms with Crippen molar-refractivity contribution in [2.24, 2.45) is 11.7 Å². The first kappa shape index (κ1) is 16.8. The minimum absolute atomic E-state index is 0.0702. The van der Waals surface area contributed by atoms with Crippen LogP contribution in [0.4, 0.5) is 0 Å². The Kier molecular flexibility index (Phi) is 5.72. The minimum Gasteiger partial charge on any atom is -0.366 e. The third-order valence-electron chi connectivity index (χ3n) is 3.98. The Morgan fingerprint density at radius 1 is 1.33 bits per heavy atom. The van der Waals surface area contributed by atoms with Crippen molar-refractivity contribution in [3.8, 4) is 0 Å². The summed E-state index contributed by atoms with van der Waals surface area (Å²) in [5.74, 6) is 0.320. The topological polar surface area (TPSA) is 55.5 Å². The van der Waals surface area contributed by atoms with Gasteiger partial charge >= 0.3 is 0 Å². The van der Waals surface area contributed by atoms with E-state index in [9.17, 15) is 5.11 Å². The summed E-state index contributed by atoms with van der Waals surface area (Å²) in [6, 6.07) is 10.4. The van der Waals surface area contributed by atoms with E-state index in [-0.39, 0.29) is 12.1 Å². The SMILES string of the molecule is CC1CCSC(Cc2ccccc2)C(N)C1OC(C)(C)O. The largest absolute Gasteiger partial charge is 0.366 e. The fourth-order valence-corrected chi connectivity index (χ4v) is 4.34. The molecule has 21 heavy (non-hydrogen) atoms. The van der Waals surface area contributed by atoms with E-state index in [4.69, 9.17) is 10.5 Å². The van der Waals surface area contributed by atoms with Gasteiger partial charge in [-0.05, 0) is 43.9 Å². The van der Waals surface area contributed by atoms with Crippen LogP contribution in [-0.2, 0) is 11.2 Å². The van der Waals surface area contributed by atoms with Crippen molar-refractivity contribution >= 4 is 11.8 Å². The van der Waals surface area contributed by atoms with Gasteiger partial charge in [-0.2, -0.15) is 11.8 Å². The molecule has 1 aromatic carbocycles. The van der Waals surface area contributed by atoms with Crippen molar-refractivity contribution in [2.45, 2.75) is 56.8 Å². The first-order valence-corrected chi connectivity index (χ1v) is 8.73. The van der Waals surface area contributed by atoms with Crippen molar-refractivity contribution in [2.75, 3.05) is 5.75 Å². The second-order valence-corrected chi connectivity index (χ2v) is 7.82. The Balaban J connectivity index is 2.11. The number of thioether (sulfide) groups is 1. The van der Waals surface area contributed by atoms with Gasteiger partial charge in [0.2, 0.25) is 0 Å². The van der Waals surface area contributed by atoms with E-state index < -0.39 is 5.79 Å². The Labute approximate surface area is 132 Å². The van der Waals surface area contributed by atoms with Crippen LogP contribution in [0.5, 0.6) is 0 Å². The molecule has 0 radical (unpaired) electrons. The molecule has 3 nitrogen and oxygen atoms in total. The van der Waals surface area contributed by atoms with Gasteiger partial charge in [0.1, 0.15) is 0 Å². The lowest BCUT2D eigenvalue weighted by Crippen LogP contribution is -2.50. The summed E-state index contributed by atoms with van der Waals surface area (Å²) < 4.78 is 5.87. The van der Waals surface area contributed by atoms with Crippen molar-refractivity contribution in [3.05, 3.63) is 35.9 Å². The van der Waals surface area contributed by atoms with E-state index >= 15 is 0 Å². The van der Waals surface area contributed by atoms with Gasteiger partial charge in [-0.25, -0.2) is 0 Å². The van der Waals surface area contributed by atoms with Gasteiger partial charge in [0.25, 0.3) is 0 Å². The molecule has 3 N–H and O–H groups in total. The van der Waals surface area contributed by atoms with Gasteiger partial charge in [0.15, 0.2) is 5.79 Å². The average molecular weight is 309 g/mol. The van der Waals surface area contributed by atoms with Crippen LogP contribution in [0, 0.1) is 5.92 Å². The molecule has 4 unspecified atom stereocenters. The third-order valence-corrected chi connectivity index (χ3v) is 5.36. The molecule has 0 aromatic heterocycles. The number of aliphatic hydroxyl groups is 1. The second-order valence-electron chi connectivity index (χ2n) is 6.47. The molecule has 0 aliphatic carbocycles. The van der Waals surface area contributed by atoms with Crippen molar-refractivity contribution in [1.29, 1.82) is 0 Å². The Hall–Kier alpha value is -0.550. The number of nitrogens with two attached hydrogens (primary N) is 1. The zero-order valence-electron chi connectivity index (χ0n) is 13.2. The fourth-order valence-electron chi connectivity index (χ4n) is 2.84. The van der Waals surface area contributed by atoms with Gasteiger partial charge in [0.05, 0.1) is 6.10 Å². The molecular formula is C17H27NO2S. The quantitative estimate of drug-likeness (QED) is 0.840. The summed E-state index contributed by atoms with van der Waals surface area (Å²) in [5.41, 5.74) is 7.82. The lowest BCUT2D eigenvalue weighted by atomic mass is 9.91. The highest BCUT2D eigenvalue weighted by Gasteiger charge is 2.37. The number of benzene rings is 1. The van der Waals surface area contributed by atoms with Crippen LogP contribution in [0.25, 0.3) is 0 Å². The normalized spacial score (nSPS) is 30.9. The smallest absolute Gasteiger partial charge is 0.160 e. The lowest BCUT2D eigenvalue weighted by Gasteiger charge is -2.35. The highest BCUT2D eigenvalue weighted by Crippen LogP contribution is 2.33. The molecule has 1 aliphatic rings. The molecule has 0 spiro atoms. The maximum Gasteiger partial charge on any atom is 0.160 e. The highest BCUT2D eigenvalue weighted by atomic mass is 32.2. The summed E-state index contributed by atoms with van der Waals surface area (Å²) in [6.07, 6.45) is 1.92. The maximum atomic E-state index is 9.99. The molecule has 0 amide bonds. The van der Waals surface area contributed by atoms with Crippen LogP contribution in [0.15, 0.2) is 30.3 Å². The molecule has 1 aliphatic heterocycles. The molecule has 0 saturated carbocycles. The third kappa shape index (κ3) is 4.99. The van der Waals surface area contributed by atoms with Gasteiger partial charge in [-0.3, -0.25) is 0 Å². The maximum absolute atomic E-state index is 9.99. The van der Waals surface area contributed by atoms with E-state index in [2.05, 4.69) is 31.2 Å². The van der Waals surface area contributed by atoms with Gasteiger partial charge in [0, 0.05) is 11.3 Å². The fraction of sp³-hybridized carbons (Fsp3) is 0.647. The van der Waals surface area contributed by atoms with E-state index in [0.29, 0.717) is 11.2 Å². The number of hydrogen-bond donors (Lipinski definition) is 2. The van der Waals surface area contributed by atoms with Crippen LogP contribution >= 0.6 is 11.8 Å². The lowest BCUT2D eigenvalue weighted by molar-refractivity contribution is -0.219.